The van der Waals surface area contributed by atoms with Crippen molar-refractivity contribution in [2.24, 2.45) is 23.5 Å². The average molecular weight is 524 g/mol. The minimum Gasteiger partial charge on any atom is -0.480 e. The van der Waals surface area contributed by atoms with Gasteiger partial charge in [-0.25, -0.2) is 4.79 Å². The van der Waals surface area contributed by atoms with Gasteiger partial charge in [-0.1, -0.05) is 41.5 Å². The topological polar surface area (TPSA) is 162 Å². The highest BCUT2D eigenvalue weighted by Gasteiger charge is 2.42. The number of amides is 4. The van der Waals surface area contributed by atoms with Crippen molar-refractivity contribution in [1.29, 1.82) is 0 Å². The molecule has 210 valence electrons. The molecule has 2 saturated heterocycles. The second kappa shape index (κ2) is 13.2. The van der Waals surface area contributed by atoms with Crippen LogP contribution in [0.15, 0.2) is 0 Å². The average Bonchev–Trinajstić information content (AvgIpc) is 3.50. The van der Waals surface area contributed by atoms with Gasteiger partial charge in [0.05, 0.1) is 6.04 Å². The van der Waals surface area contributed by atoms with E-state index in [0.717, 1.165) is 0 Å². The number of likely N-dealkylation sites (tertiary alicyclic amines) is 2. The maximum atomic E-state index is 13.6. The lowest BCUT2D eigenvalue weighted by Gasteiger charge is -2.33. The molecular formula is C26H45N5O6. The molecule has 0 aromatic rings. The zero-order chi connectivity index (χ0) is 28.0. The van der Waals surface area contributed by atoms with Crippen LogP contribution in [0.5, 0.6) is 0 Å². The Balaban J connectivity index is 2.17. The van der Waals surface area contributed by atoms with Crippen LogP contribution in [0, 0.1) is 17.8 Å². The number of carbonyl (C=O) groups is 5. The van der Waals surface area contributed by atoms with Crippen molar-refractivity contribution in [3.05, 3.63) is 0 Å². The molecule has 5 N–H and O–H groups in total. The van der Waals surface area contributed by atoms with Crippen LogP contribution in [0.4, 0.5) is 0 Å². The number of aliphatic carboxylic acids is 1. The predicted molar refractivity (Wildman–Crippen MR) is 138 cm³/mol. The first-order valence-corrected chi connectivity index (χ1v) is 13.5. The minimum absolute atomic E-state index is 0.0954. The van der Waals surface area contributed by atoms with Crippen LogP contribution in [0.1, 0.15) is 73.6 Å². The monoisotopic (exact) mass is 523 g/mol. The standard InChI is InChI=1S/C26H45N5O6/c1-14(2)13-17(28-23(33)20(27)15(3)4)24(34)30-11-7-9-18(30)22(32)29-21(16(5)6)25(35)31-12-8-10-19(31)26(36)37/h14-21H,7-13,27H2,1-6H3,(H,28,33)(H,29,32)(H,36,37)/t17-,18-,19-,20-,21-/m0/s1. The Morgan fingerprint density at radius 2 is 1.38 bits per heavy atom. The quantitative estimate of drug-likeness (QED) is 0.310. The molecule has 2 heterocycles. The van der Waals surface area contributed by atoms with E-state index >= 15 is 0 Å². The highest BCUT2D eigenvalue weighted by Crippen LogP contribution is 2.23. The molecule has 0 aromatic carbocycles. The summed E-state index contributed by atoms with van der Waals surface area (Å²) in [5, 5.41) is 15.1. The summed E-state index contributed by atoms with van der Waals surface area (Å²) in [5.41, 5.74) is 5.99. The van der Waals surface area contributed by atoms with Crippen LogP contribution in [0.25, 0.3) is 0 Å². The highest BCUT2D eigenvalue weighted by atomic mass is 16.4. The number of nitrogens with zero attached hydrogens (tertiary/aromatic N) is 2. The lowest BCUT2D eigenvalue weighted by atomic mass is 9.99. The van der Waals surface area contributed by atoms with Gasteiger partial charge in [0, 0.05) is 13.1 Å². The molecule has 0 aliphatic carbocycles. The summed E-state index contributed by atoms with van der Waals surface area (Å²) in [6, 6.07) is -4.14. The largest absolute Gasteiger partial charge is 0.480 e. The van der Waals surface area contributed by atoms with E-state index in [9.17, 15) is 29.1 Å². The van der Waals surface area contributed by atoms with E-state index in [2.05, 4.69) is 10.6 Å². The summed E-state index contributed by atoms with van der Waals surface area (Å²) in [6.45, 7) is 11.8. The fourth-order valence-electron chi connectivity index (χ4n) is 5.00. The van der Waals surface area contributed by atoms with E-state index < -0.39 is 53.9 Å². The van der Waals surface area contributed by atoms with Crippen LogP contribution < -0.4 is 16.4 Å². The van der Waals surface area contributed by atoms with Crippen LogP contribution in [0.3, 0.4) is 0 Å². The van der Waals surface area contributed by atoms with Crippen molar-refractivity contribution < 1.29 is 29.1 Å². The van der Waals surface area contributed by atoms with Gasteiger partial charge in [0.2, 0.25) is 23.6 Å². The first-order valence-electron chi connectivity index (χ1n) is 13.5. The molecule has 11 heteroatoms. The van der Waals surface area contributed by atoms with E-state index in [0.29, 0.717) is 45.2 Å². The first-order chi connectivity index (χ1) is 17.3. The summed E-state index contributed by atoms with van der Waals surface area (Å²) in [4.78, 5) is 67.2. The lowest BCUT2D eigenvalue weighted by molar-refractivity contribution is -0.150. The summed E-state index contributed by atoms with van der Waals surface area (Å²) in [7, 11) is 0. The van der Waals surface area contributed by atoms with Gasteiger partial charge in [0.25, 0.3) is 0 Å². The predicted octanol–water partition coefficient (Wildman–Crippen LogP) is 0.708. The third-order valence-electron chi connectivity index (χ3n) is 7.23. The molecule has 0 radical (unpaired) electrons. The van der Waals surface area contributed by atoms with Crippen molar-refractivity contribution in [2.45, 2.75) is 104 Å². The van der Waals surface area contributed by atoms with E-state index in [1.807, 2.05) is 27.7 Å². The first kappa shape index (κ1) is 30.5. The molecule has 0 spiro atoms. The summed E-state index contributed by atoms with van der Waals surface area (Å²) in [6.07, 6.45) is 2.43. The third-order valence-corrected chi connectivity index (χ3v) is 7.23. The van der Waals surface area contributed by atoms with Crippen LogP contribution in [0.2, 0.25) is 0 Å². The number of hydrogen-bond donors (Lipinski definition) is 4. The minimum atomic E-state index is -1.05. The fraction of sp³-hybridized carbons (Fsp3) is 0.808. The number of nitrogens with one attached hydrogen (secondary N) is 2. The van der Waals surface area contributed by atoms with E-state index in [1.54, 1.807) is 13.8 Å². The molecule has 37 heavy (non-hydrogen) atoms. The molecule has 0 unspecified atom stereocenters. The van der Waals surface area contributed by atoms with Crippen molar-refractivity contribution >= 4 is 29.6 Å². The third kappa shape index (κ3) is 7.66. The second-order valence-corrected chi connectivity index (χ2v) is 11.4. The maximum Gasteiger partial charge on any atom is 0.326 e. The Bertz CT molecular complexity index is 860. The van der Waals surface area contributed by atoms with Crippen molar-refractivity contribution in [3.63, 3.8) is 0 Å². The molecule has 4 amide bonds. The van der Waals surface area contributed by atoms with Crippen molar-refractivity contribution in [1.82, 2.24) is 20.4 Å². The van der Waals surface area contributed by atoms with Crippen LogP contribution in [-0.4, -0.2) is 87.8 Å². The Morgan fingerprint density at radius 3 is 1.86 bits per heavy atom. The molecule has 2 rings (SSSR count). The van der Waals surface area contributed by atoms with Crippen molar-refractivity contribution in [3.8, 4) is 0 Å². The van der Waals surface area contributed by atoms with Gasteiger partial charge < -0.3 is 31.3 Å². The molecule has 2 aliphatic rings. The molecular weight excluding hydrogens is 478 g/mol. The number of hydrogen-bond acceptors (Lipinski definition) is 6. The summed E-state index contributed by atoms with van der Waals surface area (Å²) in [5.74, 6) is -2.92. The summed E-state index contributed by atoms with van der Waals surface area (Å²) >= 11 is 0. The van der Waals surface area contributed by atoms with Gasteiger partial charge in [-0.05, 0) is 49.9 Å². The zero-order valence-electron chi connectivity index (χ0n) is 23.0. The number of nitrogens with two attached hydrogens (primary N) is 1. The van der Waals surface area contributed by atoms with E-state index in [4.69, 9.17) is 5.73 Å². The Hall–Kier alpha value is -2.69. The zero-order valence-corrected chi connectivity index (χ0v) is 23.0. The molecule has 0 aromatic heterocycles. The fourth-order valence-corrected chi connectivity index (χ4v) is 5.00. The normalized spacial score (nSPS) is 22.3. The lowest BCUT2D eigenvalue weighted by Crippen LogP contribution is -2.59. The number of carboxylic acids is 1. The Kier molecular flexibility index (Phi) is 10.9. The van der Waals surface area contributed by atoms with Gasteiger partial charge >= 0.3 is 5.97 Å². The van der Waals surface area contributed by atoms with E-state index in [-0.39, 0.29) is 23.7 Å². The SMILES string of the molecule is CC(C)C[C@H](NC(=O)[C@@H](N)C(C)C)C(=O)N1CCC[C@H]1C(=O)N[C@H](C(=O)N1CCC[C@H]1C(=O)O)C(C)C. The number of rotatable bonds is 11. The highest BCUT2D eigenvalue weighted by molar-refractivity contribution is 5.96. The van der Waals surface area contributed by atoms with Crippen LogP contribution in [-0.2, 0) is 24.0 Å². The maximum absolute atomic E-state index is 13.6. The molecule has 11 nitrogen and oxygen atoms in total. The molecule has 5 atom stereocenters. The molecule has 0 bridgehead atoms. The molecule has 2 fully saturated rings. The van der Waals surface area contributed by atoms with Gasteiger partial charge in [-0.15, -0.1) is 0 Å². The Morgan fingerprint density at radius 1 is 0.838 bits per heavy atom. The van der Waals surface area contributed by atoms with Gasteiger partial charge in [0.1, 0.15) is 24.2 Å². The smallest absolute Gasteiger partial charge is 0.326 e. The van der Waals surface area contributed by atoms with Crippen molar-refractivity contribution in [2.75, 3.05) is 13.1 Å². The van der Waals surface area contributed by atoms with E-state index in [1.165, 1.54) is 9.80 Å². The second-order valence-electron chi connectivity index (χ2n) is 11.4. The number of carbonyl (C=O) groups excluding carboxylic acids is 4. The Labute approximate surface area is 219 Å². The summed E-state index contributed by atoms with van der Waals surface area (Å²) < 4.78 is 0. The van der Waals surface area contributed by atoms with Crippen LogP contribution >= 0.6 is 0 Å². The molecule has 0 saturated carbocycles. The van der Waals surface area contributed by atoms with Gasteiger partial charge in [0.15, 0.2) is 0 Å². The number of carboxylic acid groups (broad SMARTS) is 1. The van der Waals surface area contributed by atoms with Gasteiger partial charge in [-0.3, -0.25) is 19.2 Å². The van der Waals surface area contributed by atoms with Gasteiger partial charge in [-0.2, -0.15) is 0 Å². The molecule has 2 aliphatic heterocycles.